The second-order valence-electron chi connectivity index (χ2n) is 3.91. The summed E-state index contributed by atoms with van der Waals surface area (Å²) in [7, 11) is 0. The van der Waals surface area contributed by atoms with Gasteiger partial charge in [0.1, 0.15) is 6.04 Å². The largest absolute Gasteiger partial charge is 0.480 e. The summed E-state index contributed by atoms with van der Waals surface area (Å²) in [6, 6.07) is -1.31. The smallest absolute Gasteiger partial charge is 0.327 e. The minimum atomic E-state index is -1.03. The summed E-state index contributed by atoms with van der Waals surface area (Å²) in [5.74, 6) is -0.679. The summed E-state index contributed by atoms with van der Waals surface area (Å²) < 4.78 is 0. The number of carbonyl (C=O) groups excluding carboxylic acids is 1. The van der Waals surface area contributed by atoms with Crippen molar-refractivity contribution in [3.63, 3.8) is 0 Å². The Morgan fingerprint density at radius 2 is 1.89 bits per heavy atom. The number of rotatable bonds is 5. The van der Waals surface area contributed by atoms with Gasteiger partial charge in [0.15, 0.2) is 0 Å². The minimum Gasteiger partial charge on any atom is -0.480 e. The molecule has 8 heteroatoms. The number of urea groups is 1. The van der Waals surface area contributed by atoms with E-state index in [0.29, 0.717) is 5.75 Å². The van der Waals surface area contributed by atoms with E-state index in [-0.39, 0.29) is 31.7 Å². The monoisotopic (exact) mass is 278 g/mol. The molecule has 2 amide bonds. The van der Waals surface area contributed by atoms with E-state index < -0.39 is 18.0 Å². The molecule has 0 spiro atoms. The van der Waals surface area contributed by atoms with Crippen LogP contribution < -0.4 is 0 Å². The van der Waals surface area contributed by atoms with Crippen molar-refractivity contribution in [3.8, 4) is 0 Å². The zero-order chi connectivity index (χ0) is 13.7. The van der Waals surface area contributed by atoms with Crippen molar-refractivity contribution in [2.45, 2.75) is 18.3 Å². The molecule has 0 aliphatic carbocycles. The summed E-state index contributed by atoms with van der Waals surface area (Å²) in [4.78, 5) is 25.8. The van der Waals surface area contributed by atoms with Crippen LogP contribution in [0.2, 0.25) is 0 Å². The van der Waals surface area contributed by atoms with Crippen LogP contribution in [0.5, 0.6) is 0 Å². The van der Waals surface area contributed by atoms with Gasteiger partial charge >= 0.3 is 12.0 Å². The van der Waals surface area contributed by atoms with Gasteiger partial charge in [0.25, 0.3) is 0 Å². The van der Waals surface area contributed by atoms with E-state index in [1.165, 1.54) is 21.6 Å². The zero-order valence-corrected chi connectivity index (χ0v) is 11.0. The Balaban J connectivity index is 2.80. The molecule has 0 radical (unpaired) electrons. The van der Waals surface area contributed by atoms with Crippen molar-refractivity contribution in [3.05, 3.63) is 0 Å². The first kappa shape index (κ1) is 15.1. The average molecular weight is 278 g/mol. The Morgan fingerprint density at radius 1 is 1.33 bits per heavy atom. The average Bonchev–Trinajstić information content (AvgIpc) is 2.70. The predicted molar refractivity (Wildman–Crippen MR) is 66.3 cm³/mol. The van der Waals surface area contributed by atoms with Gasteiger partial charge in [-0.15, -0.1) is 11.8 Å². The maximum absolute atomic E-state index is 12.2. The second-order valence-corrected chi connectivity index (χ2v) is 5.26. The first-order valence-corrected chi connectivity index (χ1v) is 6.71. The maximum atomic E-state index is 12.2. The van der Waals surface area contributed by atoms with E-state index in [4.69, 9.17) is 15.3 Å². The Labute approximate surface area is 109 Å². The van der Waals surface area contributed by atoms with Crippen molar-refractivity contribution < 1.29 is 24.9 Å². The van der Waals surface area contributed by atoms with E-state index in [9.17, 15) is 9.59 Å². The van der Waals surface area contributed by atoms with Gasteiger partial charge in [-0.1, -0.05) is 0 Å². The number of aliphatic hydroxyl groups excluding tert-OH is 2. The van der Waals surface area contributed by atoms with Crippen molar-refractivity contribution >= 4 is 23.8 Å². The van der Waals surface area contributed by atoms with E-state index in [1.807, 2.05) is 0 Å². The fourth-order valence-electron chi connectivity index (χ4n) is 1.83. The van der Waals surface area contributed by atoms with Crippen LogP contribution >= 0.6 is 11.8 Å². The van der Waals surface area contributed by atoms with Crippen LogP contribution in [0.15, 0.2) is 0 Å². The highest BCUT2D eigenvalue weighted by molar-refractivity contribution is 8.00. The molecule has 1 heterocycles. The van der Waals surface area contributed by atoms with Crippen molar-refractivity contribution in [1.29, 1.82) is 0 Å². The first-order valence-electron chi connectivity index (χ1n) is 5.66. The summed E-state index contributed by atoms with van der Waals surface area (Å²) in [6.45, 7) is 1.48. The predicted octanol–water partition coefficient (Wildman–Crippen LogP) is -0.759. The van der Waals surface area contributed by atoms with Crippen molar-refractivity contribution in [1.82, 2.24) is 9.80 Å². The fourth-order valence-corrected chi connectivity index (χ4v) is 2.99. The van der Waals surface area contributed by atoms with Crippen molar-refractivity contribution in [2.24, 2.45) is 0 Å². The number of hydrogen-bond donors (Lipinski definition) is 3. The summed E-state index contributed by atoms with van der Waals surface area (Å²) in [5.41, 5.74) is 0. The molecule has 0 aromatic rings. The van der Waals surface area contributed by atoms with Gasteiger partial charge in [-0.3, -0.25) is 4.90 Å². The molecule has 2 atom stereocenters. The molecule has 1 saturated heterocycles. The lowest BCUT2D eigenvalue weighted by Gasteiger charge is -2.31. The Hall–Kier alpha value is -0.990. The van der Waals surface area contributed by atoms with Gasteiger partial charge < -0.3 is 20.2 Å². The normalized spacial score (nSPS) is 23.2. The Bertz CT molecular complexity index is 309. The Morgan fingerprint density at radius 3 is 2.33 bits per heavy atom. The molecule has 1 rings (SSSR count). The third kappa shape index (κ3) is 3.27. The summed E-state index contributed by atoms with van der Waals surface area (Å²) in [5, 5.41) is 26.6. The molecule has 18 heavy (non-hydrogen) atoms. The topological polar surface area (TPSA) is 101 Å². The highest BCUT2D eigenvalue weighted by Gasteiger charge is 2.41. The molecule has 1 fully saturated rings. The molecule has 2 unspecified atom stereocenters. The molecule has 1 aliphatic heterocycles. The van der Waals surface area contributed by atoms with Gasteiger partial charge in [0.2, 0.25) is 0 Å². The molecule has 3 N–H and O–H groups in total. The highest BCUT2D eigenvalue weighted by Crippen LogP contribution is 2.29. The first-order chi connectivity index (χ1) is 8.52. The van der Waals surface area contributed by atoms with Crippen LogP contribution in [-0.4, -0.2) is 80.6 Å². The number of aliphatic carboxylic acids is 1. The standard InChI is InChI=1S/C10H18N2O5S/c1-7-12(8(6-18-7)9(15)16)10(17)11(2-4-13)3-5-14/h7-8,13-14H,2-6H2,1H3,(H,15,16). The molecule has 1 aliphatic rings. The summed E-state index contributed by atoms with van der Waals surface area (Å²) >= 11 is 1.40. The van der Waals surface area contributed by atoms with Crippen LogP contribution in [0.4, 0.5) is 4.79 Å². The lowest BCUT2D eigenvalue weighted by molar-refractivity contribution is -0.141. The lowest BCUT2D eigenvalue weighted by Crippen LogP contribution is -2.52. The van der Waals surface area contributed by atoms with Gasteiger partial charge in [0, 0.05) is 18.8 Å². The van der Waals surface area contributed by atoms with Crippen LogP contribution in [0, 0.1) is 0 Å². The van der Waals surface area contributed by atoms with E-state index in [2.05, 4.69) is 0 Å². The molecule has 0 saturated carbocycles. The molecule has 7 nitrogen and oxygen atoms in total. The number of carbonyl (C=O) groups is 2. The summed E-state index contributed by atoms with van der Waals surface area (Å²) in [6.07, 6.45) is 0. The van der Waals surface area contributed by atoms with Crippen molar-refractivity contribution in [2.75, 3.05) is 32.1 Å². The molecule has 0 aromatic carbocycles. The maximum Gasteiger partial charge on any atom is 0.327 e. The van der Waals surface area contributed by atoms with Gasteiger partial charge in [-0.25, -0.2) is 9.59 Å². The second kappa shape index (κ2) is 6.81. The number of carboxylic acid groups (broad SMARTS) is 1. The van der Waals surface area contributed by atoms with Crippen LogP contribution in [0.3, 0.4) is 0 Å². The zero-order valence-electron chi connectivity index (χ0n) is 10.2. The molecular weight excluding hydrogens is 260 g/mol. The van der Waals surface area contributed by atoms with E-state index in [0.717, 1.165) is 0 Å². The quantitative estimate of drug-likeness (QED) is 0.611. The van der Waals surface area contributed by atoms with Crippen LogP contribution in [0.1, 0.15) is 6.92 Å². The van der Waals surface area contributed by atoms with Gasteiger partial charge in [-0.05, 0) is 6.92 Å². The molecule has 104 valence electrons. The Kier molecular flexibility index (Phi) is 5.70. The van der Waals surface area contributed by atoms with Gasteiger partial charge in [0.05, 0.1) is 18.6 Å². The van der Waals surface area contributed by atoms with E-state index in [1.54, 1.807) is 6.92 Å². The lowest BCUT2D eigenvalue weighted by atomic mass is 10.3. The highest BCUT2D eigenvalue weighted by atomic mass is 32.2. The molecule has 0 bridgehead atoms. The van der Waals surface area contributed by atoms with Crippen LogP contribution in [-0.2, 0) is 4.79 Å². The number of nitrogens with zero attached hydrogens (tertiary/aromatic N) is 2. The molecule has 0 aromatic heterocycles. The third-order valence-electron chi connectivity index (χ3n) is 2.74. The number of amides is 2. The minimum absolute atomic E-state index is 0.0830. The molecular formula is C10H18N2O5S. The SMILES string of the molecule is CC1SCC(C(=O)O)N1C(=O)N(CCO)CCO. The number of thioether (sulfide) groups is 1. The number of carboxylic acids is 1. The number of hydrogen-bond acceptors (Lipinski definition) is 5. The van der Waals surface area contributed by atoms with Crippen LogP contribution in [0.25, 0.3) is 0 Å². The van der Waals surface area contributed by atoms with E-state index >= 15 is 0 Å². The number of aliphatic hydroxyl groups is 2. The van der Waals surface area contributed by atoms with Gasteiger partial charge in [-0.2, -0.15) is 0 Å². The fraction of sp³-hybridized carbons (Fsp3) is 0.800. The third-order valence-corrected chi connectivity index (χ3v) is 3.96.